The molecule has 10 heteroatoms. The average Bonchev–Trinajstić information content (AvgIpc) is 3.21. The number of nitrogens with zero attached hydrogens (tertiary/aromatic N) is 4. The standard InChI is InChI=1S/C19H23ClN6O3/c1-4-26-17(9-12(2)24-26)29-19(27)23-13-5-6-16(28-8-7-21)14(10-13)18-15(20)11-22-25(18)3/h5-6,9-11H,4,7-8,21H2,1-3H3,(H,23,27). The summed E-state index contributed by atoms with van der Waals surface area (Å²) < 4.78 is 14.4. The minimum atomic E-state index is -0.628. The number of nitrogens with two attached hydrogens (primary N) is 1. The SMILES string of the molecule is CCn1nc(C)cc1OC(=O)Nc1ccc(OCCN)c(-c2c(Cl)cnn2C)c1. The maximum absolute atomic E-state index is 12.4. The average molecular weight is 419 g/mol. The number of nitrogens with one attached hydrogen (secondary N) is 1. The van der Waals surface area contributed by atoms with Crippen LogP contribution in [-0.4, -0.2) is 38.8 Å². The predicted octanol–water partition coefficient (Wildman–Crippen LogP) is 3.21. The van der Waals surface area contributed by atoms with Crippen LogP contribution in [-0.2, 0) is 13.6 Å². The molecule has 2 aromatic heterocycles. The maximum atomic E-state index is 12.4. The lowest BCUT2D eigenvalue weighted by Crippen LogP contribution is -2.19. The first-order valence-corrected chi connectivity index (χ1v) is 9.48. The van der Waals surface area contributed by atoms with E-state index >= 15 is 0 Å². The summed E-state index contributed by atoms with van der Waals surface area (Å²) in [7, 11) is 1.77. The van der Waals surface area contributed by atoms with Crippen LogP contribution in [0.4, 0.5) is 10.5 Å². The van der Waals surface area contributed by atoms with Gasteiger partial charge < -0.3 is 15.2 Å². The van der Waals surface area contributed by atoms with Crippen molar-refractivity contribution in [1.29, 1.82) is 0 Å². The largest absolute Gasteiger partial charge is 0.492 e. The molecule has 0 fully saturated rings. The van der Waals surface area contributed by atoms with Gasteiger partial charge in [0.15, 0.2) is 0 Å². The number of anilines is 1. The molecule has 1 amide bonds. The third-order valence-electron chi connectivity index (χ3n) is 4.11. The van der Waals surface area contributed by atoms with Crippen LogP contribution in [0.3, 0.4) is 0 Å². The first-order valence-electron chi connectivity index (χ1n) is 9.11. The highest BCUT2D eigenvalue weighted by atomic mass is 35.5. The van der Waals surface area contributed by atoms with Crippen molar-refractivity contribution in [2.45, 2.75) is 20.4 Å². The molecule has 0 unspecified atom stereocenters. The molecular formula is C19H23ClN6O3. The Morgan fingerprint density at radius 2 is 2.14 bits per heavy atom. The van der Waals surface area contributed by atoms with Gasteiger partial charge in [0.2, 0.25) is 5.88 Å². The van der Waals surface area contributed by atoms with E-state index in [4.69, 9.17) is 26.8 Å². The summed E-state index contributed by atoms with van der Waals surface area (Å²) in [6, 6.07) is 6.90. The molecule has 3 aromatic rings. The van der Waals surface area contributed by atoms with E-state index in [0.717, 1.165) is 5.69 Å². The van der Waals surface area contributed by atoms with Gasteiger partial charge in [-0.25, -0.2) is 9.48 Å². The monoisotopic (exact) mass is 418 g/mol. The number of aryl methyl sites for hydroxylation is 3. The predicted molar refractivity (Wildman–Crippen MR) is 110 cm³/mol. The van der Waals surface area contributed by atoms with Gasteiger partial charge in [0.25, 0.3) is 0 Å². The van der Waals surface area contributed by atoms with E-state index < -0.39 is 6.09 Å². The van der Waals surface area contributed by atoms with Crippen molar-refractivity contribution in [3.8, 4) is 22.9 Å². The molecule has 29 heavy (non-hydrogen) atoms. The van der Waals surface area contributed by atoms with Gasteiger partial charge in [0.05, 0.1) is 22.6 Å². The topological polar surface area (TPSA) is 109 Å². The molecule has 0 radical (unpaired) electrons. The quantitative estimate of drug-likeness (QED) is 0.609. The van der Waals surface area contributed by atoms with Gasteiger partial charge in [-0.3, -0.25) is 10.00 Å². The number of hydrogen-bond donors (Lipinski definition) is 2. The fourth-order valence-corrected chi connectivity index (χ4v) is 3.14. The van der Waals surface area contributed by atoms with Gasteiger partial charge in [0.1, 0.15) is 12.4 Å². The zero-order valence-corrected chi connectivity index (χ0v) is 17.2. The van der Waals surface area contributed by atoms with Crippen LogP contribution in [0.1, 0.15) is 12.6 Å². The van der Waals surface area contributed by atoms with Crippen molar-refractivity contribution in [1.82, 2.24) is 19.6 Å². The van der Waals surface area contributed by atoms with E-state index in [0.29, 0.717) is 53.3 Å². The van der Waals surface area contributed by atoms with Crippen LogP contribution in [0.2, 0.25) is 5.02 Å². The van der Waals surface area contributed by atoms with Crippen LogP contribution in [0.25, 0.3) is 11.3 Å². The van der Waals surface area contributed by atoms with Gasteiger partial charge in [-0.15, -0.1) is 0 Å². The van der Waals surface area contributed by atoms with Gasteiger partial charge >= 0.3 is 6.09 Å². The van der Waals surface area contributed by atoms with Crippen LogP contribution in [0.15, 0.2) is 30.5 Å². The third-order valence-corrected chi connectivity index (χ3v) is 4.39. The third kappa shape index (κ3) is 4.69. The summed E-state index contributed by atoms with van der Waals surface area (Å²) in [4.78, 5) is 12.4. The first kappa shape index (κ1) is 20.7. The van der Waals surface area contributed by atoms with E-state index in [1.165, 1.54) is 0 Å². The second kappa shape index (κ2) is 8.97. The minimum absolute atomic E-state index is 0.345. The fraction of sp³-hybridized carbons (Fsp3) is 0.316. The Kier molecular flexibility index (Phi) is 6.40. The number of benzene rings is 1. The molecule has 1 aromatic carbocycles. The molecule has 154 valence electrons. The van der Waals surface area contributed by atoms with Crippen molar-refractivity contribution in [3.63, 3.8) is 0 Å². The Labute approximate surface area is 173 Å². The summed E-state index contributed by atoms with van der Waals surface area (Å²) in [5.74, 6) is 0.958. The van der Waals surface area contributed by atoms with Crippen molar-refractivity contribution < 1.29 is 14.3 Å². The molecule has 9 nitrogen and oxygen atoms in total. The van der Waals surface area contributed by atoms with Crippen molar-refractivity contribution in [3.05, 3.63) is 41.2 Å². The maximum Gasteiger partial charge on any atom is 0.418 e. The van der Waals surface area contributed by atoms with Crippen molar-refractivity contribution >= 4 is 23.4 Å². The number of carbonyl (C=O) groups is 1. The van der Waals surface area contributed by atoms with E-state index in [2.05, 4.69) is 15.5 Å². The number of carbonyl (C=O) groups excluding carboxylic acids is 1. The molecule has 2 heterocycles. The Morgan fingerprint density at radius 3 is 2.79 bits per heavy atom. The van der Waals surface area contributed by atoms with Gasteiger partial charge in [-0.1, -0.05) is 11.6 Å². The molecular weight excluding hydrogens is 396 g/mol. The van der Waals surface area contributed by atoms with Crippen LogP contribution in [0.5, 0.6) is 11.6 Å². The van der Waals surface area contributed by atoms with E-state index in [-0.39, 0.29) is 0 Å². The zero-order valence-electron chi connectivity index (χ0n) is 16.5. The highest BCUT2D eigenvalue weighted by molar-refractivity contribution is 6.33. The lowest BCUT2D eigenvalue weighted by atomic mass is 10.1. The Bertz CT molecular complexity index is 994. The van der Waals surface area contributed by atoms with Crippen LogP contribution < -0.4 is 20.5 Å². The molecule has 0 aliphatic heterocycles. The molecule has 0 saturated carbocycles. The molecule has 0 saturated heterocycles. The molecule has 3 rings (SSSR count). The highest BCUT2D eigenvalue weighted by Crippen LogP contribution is 2.36. The van der Waals surface area contributed by atoms with Crippen molar-refractivity contribution in [2.24, 2.45) is 12.8 Å². The van der Waals surface area contributed by atoms with Gasteiger partial charge in [0, 0.05) is 37.5 Å². The summed E-state index contributed by atoms with van der Waals surface area (Å²) in [5, 5.41) is 11.6. The Balaban J connectivity index is 1.86. The van der Waals surface area contributed by atoms with Crippen LogP contribution >= 0.6 is 11.6 Å². The number of hydrogen-bond acceptors (Lipinski definition) is 6. The van der Waals surface area contributed by atoms with E-state index in [9.17, 15) is 4.79 Å². The molecule has 3 N–H and O–H groups in total. The van der Waals surface area contributed by atoms with E-state index in [1.54, 1.807) is 46.9 Å². The Morgan fingerprint density at radius 1 is 1.34 bits per heavy atom. The molecule has 0 bridgehead atoms. The second-order valence-corrected chi connectivity index (χ2v) is 6.67. The molecule has 0 aliphatic rings. The summed E-state index contributed by atoms with van der Waals surface area (Å²) in [6.07, 6.45) is 0.920. The lowest BCUT2D eigenvalue weighted by Gasteiger charge is -2.14. The summed E-state index contributed by atoms with van der Waals surface area (Å²) in [5.41, 5.74) is 8.17. The second-order valence-electron chi connectivity index (χ2n) is 6.27. The van der Waals surface area contributed by atoms with Gasteiger partial charge in [-0.2, -0.15) is 10.2 Å². The molecule has 0 aliphatic carbocycles. The summed E-state index contributed by atoms with van der Waals surface area (Å²) >= 11 is 6.30. The normalized spacial score (nSPS) is 10.8. The Hall–Kier alpha value is -3.04. The molecule has 0 spiro atoms. The minimum Gasteiger partial charge on any atom is -0.492 e. The number of aromatic nitrogens is 4. The molecule has 0 atom stereocenters. The summed E-state index contributed by atoms with van der Waals surface area (Å²) in [6.45, 7) is 5.06. The van der Waals surface area contributed by atoms with Crippen molar-refractivity contribution in [2.75, 3.05) is 18.5 Å². The zero-order chi connectivity index (χ0) is 21.0. The number of rotatable bonds is 7. The number of halogens is 1. The van der Waals surface area contributed by atoms with Gasteiger partial charge in [-0.05, 0) is 32.0 Å². The van der Waals surface area contributed by atoms with Crippen LogP contribution in [0, 0.1) is 6.92 Å². The smallest absolute Gasteiger partial charge is 0.418 e. The van der Waals surface area contributed by atoms with E-state index in [1.807, 2.05) is 13.8 Å². The first-order chi connectivity index (χ1) is 13.9. The lowest BCUT2D eigenvalue weighted by molar-refractivity contribution is 0.210. The number of ether oxygens (including phenoxy) is 2. The fourth-order valence-electron chi connectivity index (χ4n) is 2.87. The highest BCUT2D eigenvalue weighted by Gasteiger charge is 2.17. The number of amides is 1.